The van der Waals surface area contributed by atoms with Gasteiger partial charge < -0.3 is 10.6 Å². The number of benzene rings is 3. The van der Waals surface area contributed by atoms with E-state index in [0.717, 1.165) is 20.9 Å². The summed E-state index contributed by atoms with van der Waals surface area (Å²) < 4.78 is 0.756. The fourth-order valence-electron chi connectivity index (χ4n) is 3.41. The van der Waals surface area contributed by atoms with Crippen LogP contribution in [0.1, 0.15) is 27.1 Å². The molecule has 2 N–H and O–H groups in total. The first-order valence-electron chi connectivity index (χ1n) is 9.23. The number of imide groups is 1. The lowest BCUT2D eigenvalue weighted by molar-refractivity contribution is 0.0653. The summed E-state index contributed by atoms with van der Waals surface area (Å²) in [6.45, 7) is 0.589. The van der Waals surface area contributed by atoms with Gasteiger partial charge in [0, 0.05) is 22.9 Å². The van der Waals surface area contributed by atoms with Crippen molar-refractivity contribution < 1.29 is 14.4 Å². The van der Waals surface area contributed by atoms with Crippen LogP contribution in [-0.4, -0.2) is 35.8 Å². The number of carbonyl (C=O) groups excluding carboxylic acids is 3. The third-order valence-electron chi connectivity index (χ3n) is 4.81. The average molecular weight is 452 g/mol. The third-order valence-corrected chi connectivity index (χ3v) is 5.31. The molecular weight excluding hydrogens is 434 g/mol. The molecule has 0 saturated carbocycles. The van der Waals surface area contributed by atoms with E-state index in [-0.39, 0.29) is 24.4 Å². The monoisotopic (exact) mass is 451 g/mol. The number of halogens is 1. The Bertz CT molecular complexity index is 1120. The summed E-state index contributed by atoms with van der Waals surface area (Å²) >= 11 is 3.32. The van der Waals surface area contributed by atoms with Crippen LogP contribution < -0.4 is 10.6 Å². The van der Waals surface area contributed by atoms with Gasteiger partial charge in [-0.05, 0) is 36.1 Å². The third kappa shape index (κ3) is 3.86. The molecule has 0 atom stereocenters. The largest absolute Gasteiger partial charge is 0.338 e. The van der Waals surface area contributed by atoms with Crippen LogP contribution in [0.2, 0.25) is 0 Å². The predicted molar refractivity (Wildman–Crippen MR) is 115 cm³/mol. The molecule has 0 saturated heterocycles. The summed E-state index contributed by atoms with van der Waals surface area (Å²) in [6.07, 6.45) is 0.468. The first-order chi connectivity index (χ1) is 14.0. The van der Waals surface area contributed by atoms with Crippen LogP contribution >= 0.6 is 15.9 Å². The lowest BCUT2D eigenvalue weighted by atomic mass is 10.1. The van der Waals surface area contributed by atoms with Crippen LogP contribution in [0.4, 0.5) is 10.5 Å². The fourth-order valence-corrected chi connectivity index (χ4v) is 3.77. The van der Waals surface area contributed by atoms with Crippen molar-refractivity contribution in [3.63, 3.8) is 0 Å². The number of amides is 4. The Morgan fingerprint density at radius 3 is 2.55 bits per heavy atom. The molecule has 3 aromatic rings. The molecule has 1 aliphatic heterocycles. The second kappa shape index (κ2) is 8.05. The maximum Gasteiger partial charge on any atom is 0.319 e. The average Bonchev–Trinajstić information content (AvgIpc) is 2.95. The van der Waals surface area contributed by atoms with E-state index in [2.05, 4.69) is 26.6 Å². The van der Waals surface area contributed by atoms with Gasteiger partial charge in [0.05, 0.1) is 16.8 Å². The Morgan fingerprint density at radius 2 is 1.69 bits per heavy atom. The van der Waals surface area contributed by atoms with Gasteiger partial charge in [-0.15, -0.1) is 0 Å². The van der Waals surface area contributed by atoms with Gasteiger partial charge in [-0.1, -0.05) is 52.3 Å². The molecule has 1 heterocycles. The summed E-state index contributed by atoms with van der Waals surface area (Å²) in [5.41, 5.74) is 1.55. The number of fused-ring (bicyclic) bond motifs is 2. The highest BCUT2D eigenvalue weighted by molar-refractivity contribution is 9.10. The summed E-state index contributed by atoms with van der Waals surface area (Å²) in [4.78, 5) is 38.3. The smallest absolute Gasteiger partial charge is 0.319 e. The number of anilines is 1. The normalized spacial score (nSPS) is 12.9. The number of nitrogens with one attached hydrogen (secondary N) is 2. The highest BCUT2D eigenvalue weighted by Gasteiger charge is 2.34. The molecule has 7 heteroatoms. The number of carbonyl (C=O) groups is 3. The Kier molecular flexibility index (Phi) is 5.31. The predicted octanol–water partition coefficient (Wildman–Crippen LogP) is 4.41. The van der Waals surface area contributed by atoms with Crippen LogP contribution in [0.15, 0.2) is 65.1 Å². The fraction of sp³-hybridized carbons (Fsp3) is 0.136. The molecule has 0 aliphatic carbocycles. The van der Waals surface area contributed by atoms with Gasteiger partial charge in [-0.2, -0.15) is 0 Å². The minimum absolute atomic E-state index is 0.249. The van der Waals surface area contributed by atoms with Crippen molar-refractivity contribution >= 4 is 50.2 Å². The lowest BCUT2D eigenvalue weighted by Gasteiger charge is -2.14. The molecular formula is C22H18BrN3O3. The highest BCUT2D eigenvalue weighted by atomic mass is 79.9. The topological polar surface area (TPSA) is 78.5 Å². The van der Waals surface area contributed by atoms with E-state index in [9.17, 15) is 14.4 Å². The quantitative estimate of drug-likeness (QED) is 0.445. The molecule has 1 aliphatic rings. The summed E-state index contributed by atoms with van der Waals surface area (Å²) in [7, 11) is 0. The Morgan fingerprint density at radius 1 is 0.931 bits per heavy atom. The van der Waals surface area contributed by atoms with Crippen molar-refractivity contribution in [3.05, 3.63) is 76.3 Å². The van der Waals surface area contributed by atoms with Crippen LogP contribution in [-0.2, 0) is 0 Å². The van der Waals surface area contributed by atoms with Crippen molar-refractivity contribution in [3.8, 4) is 0 Å². The molecule has 0 unspecified atom stereocenters. The molecule has 4 rings (SSSR count). The minimum Gasteiger partial charge on any atom is -0.338 e. The van der Waals surface area contributed by atoms with Crippen LogP contribution in [0, 0.1) is 0 Å². The van der Waals surface area contributed by atoms with Gasteiger partial charge >= 0.3 is 6.03 Å². The number of nitrogens with zero attached hydrogens (tertiary/aromatic N) is 1. The van der Waals surface area contributed by atoms with Gasteiger partial charge in [-0.3, -0.25) is 14.5 Å². The maximum absolute atomic E-state index is 12.4. The Hall–Kier alpha value is -3.19. The van der Waals surface area contributed by atoms with E-state index < -0.39 is 0 Å². The number of urea groups is 1. The number of hydrogen-bond acceptors (Lipinski definition) is 3. The van der Waals surface area contributed by atoms with Crippen molar-refractivity contribution in [2.75, 3.05) is 18.4 Å². The first-order valence-corrected chi connectivity index (χ1v) is 10.0. The molecule has 29 heavy (non-hydrogen) atoms. The van der Waals surface area contributed by atoms with E-state index in [4.69, 9.17) is 0 Å². The zero-order valence-electron chi connectivity index (χ0n) is 15.4. The second-order valence-corrected chi connectivity index (χ2v) is 7.63. The Labute approximate surface area is 176 Å². The lowest BCUT2D eigenvalue weighted by Crippen LogP contribution is -2.35. The molecule has 0 spiro atoms. The summed E-state index contributed by atoms with van der Waals surface area (Å²) in [5, 5.41) is 7.63. The molecule has 0 bridgehead atoms. The van der Waals surface area contributed by atoms with Crippen LogP contribution in [0.3, 0.4) is 0 Å². The maximum atomic E-state index is 12.4. The zero-order chi connectivity index (χ0) is 20.4. The van der Waals surface area contributed by atoms with E-state index in [0.29, 0.717) is 24.1 Å². The van der Waals surface area contributed by atoms with Gasteiger partial charge in [0.15, 0.2) is 0 Å². The standard InChI is InChI=1S/C22H18BrN3O3/c23-15-9-10-17-18(13-15)21(28)26(20(17)27)12-4-11-24-22(29)25-19-8-3-6-14-5-1-2-7-16(14)19/h1-3,5-10,13H,4,11-12H2,(H2,24,25,29). The SMILES string of the molecule is O=C(NCCCN1C(=O)c2ccc(Br)cc2C1=O)Nc1cccc2ccccc12. The highest BCUT2D eigenvalue weighted by Crippen LogP contribution is 2.26. The van der Waals surface area contributed by atoms with Crippen molar-refractivity contribution in [2.24, 2.45) is 0 Å². The number of hydrogen-bond donors (Lipinski definition) is 2. The summed E-state index contributed by atoms with van der Waals surface area (Å²) in [6, 6.07) is 18.2. The molecule has 0 fully saturated rings. The second-order valence-electron chi connectivity index (χ2n) is 6.71. The van der Waals surface area contributed by atoms with Crippen LogP contribution in [0.5, 0.6) is 0 Å². The van der Waals surface area contributed by atoms with E-state index in [1.807, 2.05) is 42.5 Å². The van der Waals surface area contributed by atoms with Crippen molar-refractivity contribution in [1.82, 2.24) is 10.2 Å². The van der Waals surface area contributed by atoms with Crippen molar-refractivity contribution in [2.45, 2.75) is 6.42 Å². The van der Waals surface area contributed by atoms with Crippen LogP contribution in [0.25, 0.3) is 10.8 Å². The van der Waals surface area contributed by atoms with Crippen molar-refractivity contribution in [1.29, 1.82) is 0 Å². The van der Waals surface area contributed by atoms with Gasteiger partial charge in [-0.25, -0.2) is 4.79 Å². The molecule has 4 amide bonds. The van der Waals surface area contributed by atoms with Gasteiger partial charge in [0.25, 0.3) is 11.8 Å². The van der Waals surface area contributed by atoms with Gasteiger partial charge in [0.2, 0.25) is 0 Å². The summed E-state index contributed by atoms with van der Waals surface area (Å²) in [5.74, 6) is -0.593. The Balaban J connectivity index is 1.30. The van der Waals surface area contributed by atoms with Gasteiger partial charge in [0.1, 0.15) is 0 Å². The van der Waals surface area contributed by atoms with E-state index >= 15 is 0 Å². The number of rotatable bonds is 5. The molecule has 6 nitrogen and oxygen atoms in total. The molecule has 146 valence electrons. The molecule has 0 aromatic heterocycles. The zero-order valence-corrected chi connectivity index (χ0v) is 17.0. The van der Waals surface area contributed by atoms with E-state index in [1.54, 1.807) is 18.2 Å². The first kappa shape index (κ1) is 19.1. The minimum atomic E-state index is -0.326. The molecule has 0 radical (unpaired) electrons. The van der Waals surface area contributed by atoms with E-state index in [1.165, 1.54) is 4.90 Å². The molecule has 3 aromatic carbocycles.